The minimum Gasteiger partial charge on any atom is -0.278 e. The van der Waals surface area contributed by atoms with E-state index in [1.807, 2.05) is 50.5 Å². The summed E-state index contributed by atoms with van der Waals surface area (Å²) in [5.74, 6) is -0.126. The number of para-hydroxylation sites is 1. The van der Waals surface area contributed by atoms with Crippen LogP contribution < -0.4 is 4.90 Å². The summed E-state index contributed by atoms with van der Waals surface area (Å²) in [6.07, 6.45) is 2.77. The van der Waals surface area contributed by atoms with Gasteiger partial charge >= 0.3 is 0 Å². The van der Waals surface area contributed by atoms with Crippen LogP contribution in [0.5, 0.6) is 0 Å². The van der Waals surface area contributed by atoms with E-state index in [4.69, 9.17) is 4.98 Å². The van der Waals surface area contributed by atoms with Crippen molar-refractivity contribution in [3.05, 3.63) is 77.1 Å². The van der Waals surface area contributed by atoms with Crippen LogP contribution in [0.4, 0.5) is 5.13 Å². The number of anilines is 1. The van der Waals surface area contributed by atoms with Crippen LogP contribution in [-0.4, -0.2) is 20.7 Å². The number of carbonyl (C=O) groups excluding carboxylic acids is 1. The molecule has 0 bridgehead atoms. The molecule has 2 heterocycles. The van der Waals surface area contributed by atoms with Gasteiger partial charge in [0.2, 0.25) is 0 Å². The second-order valence-electron chi connectivity index (χ2n) is 6.83. The molecule has 0 aliphatic carbocycles. The number of rotatable bonds is 5. The lowest BCUT2D eigenvalue weighted by atomic mass is 10.1. The van der Waals surface area contributed by atoms with Gasteiger partial charge in [0.1, 0.15) is 0 Å². The summed E-state index contributed by atoms with van der Waals surface area (Å²) < 4.78 is 2.77. The Kier molecular flexibility index (Phi) is 4.96. The third-order valence-corrected chi connectivity index (χ3v) is 5.79. The first-order chi connectivity index (χ1) is 13.6. The summed E-state index contributed by atoms with van der Waals surface area (Å²) in [5, 5.41) is 5.09. The first-order valence-corrected chi connectivity index (χ1v) is 10.1. The normalized spacial score (nSPS) is 11.1. The first-order valence-electron chi connectivity index (χ1n) is 9.31. The Morgan fingerprint density at radius 2 is 1.93 bits per heavy atom. The topological polar surface area (TPSA) is 51.0 Å². The number of thiazole rings is 1. The molecular weight excluding hydrogens is 368 g/mol. The van der Waals surface area contributed by atoms with Gasteiger partial charge in [0.15, 0.2) is 10.8 Å². The third kappa shape index (κ3) is 3.43. The van der Waals surface area contributed by atoms with Crippen LogP contribution in [0.3, 0.4) is 0 Å². The number of nitrogens with zero attached hydrogens (tertiary/aromatic N) is 4. The molecule has 0 N–H and O–H groups in total. The summed E-state index contributed by atoms with van der Waals surface area (Å²) in [5.41, 5.74) is 4.56. The SMILES string of the molecule is CCc1cccc2sc(N(Cc3ccccc3)C(=O)c3nn(C)cc3C)nc12. The minimum absolute atomic E-state index is 0.126. The fourth-order valence-corrected chi connectivity index (χ4v) is 4.34. The molecule has 4 aromatic rings. The molecule has 0 aliphatic heterocycles. The van der Waals surface area contributed by atoms with Gasteiger partial charge in [-0.25, -0.2) is 4.98 Å². The van der Waals surface area contributed by atoms with Crippen LogP contribution in [0, 0.1) is 6.92 Å². The van der Waals surface area contributed by atoms with Crippen LogP contribution in [0.2, 0.25) is 0 Å². The van der Waals surface area contributed by atoms with E-state index in [1.165, 1.54) is 5.56 Å². The molecular formula is C22H22N4OS. The zero-order valence-electron chi connectivity index (χ0n) is 16.2. The van der Waals surface area contributed by atoms with E-state index in [2.05, 4.69) is 30.2 Å². The van der Waals surface area contributed by atoms with Gasteiger partial charge in [-0.3, -0.25) is 14.4 Å². The molecule has 142 valence electrons. The Balaban J connectivity index is 1.81. The summed E-state index contributed by atoms with van der Waals surface area (Å²) in [4.78, 5) is 20.0. The van der Waals surface area contributed by atoms with Crippen molar-refractivity contribution >= 4 is 32.6 Å². The molecule has 6 heteroatoms. The fourth-order valence-electron chi connectivity index (χ4n) is 3.33. The number of amides is 1. The van der Waals surface area contributed by atoms with Gasteiger partial charge in [-0.1, -0.05) is 60.7 Å². The molecule has 0 radical (unpaired) electrons. The zero-order valence-corrected chi connectivity index (χ0v) is 17.0. The standard InChI is InChI=1S/C22H22N4OS/c1-4-17-11-8-12-18-20(17)23-22(28-18)26(14-16-9-6-5-7-10-16)21(27)19-15(2)13-25(3)24-19/h5-13H,4,14H2,1-3H3. The molecule has 0 unspecified atom stereocenters. The number of aryl methyl sites for hydroxylation is 3. The summed E-state index contributed by atoms with van der Waals surface area (Å²) in [6.45, 7) is 4.49. The van der Waals surface area contributed by atoms with Gasteiger partial charge in [0, 0.05) is 18.8 Å². The van der Waals surface area contributed by atoms with Gasteiger partial charge in [0.05, 0.1) is 16.8 Å². The third-order valence-electron chi connectivity index (χ3n) is 4.75. The quantitative estimate of drug-likeness (QED) is 0.494. The maximum absolute atomic E-state index is 13.4. The number of hydrogen-bond donors (Lipinski definition) is 0. The van der Waals surface area contributed by atoms with Crippen LogP contribution in [-0.2, 0) is 20.0 Å². The fraction of sp³-hybridized carbons (Fsp3) is 0.227. The molecule has 0 saturated carbocycles. The lowest BCUT2D eigenvalue weighted by Gasteiger charge is -2.19. The van der Waals surface area contributed by atoms with Gasteiger partial charge in [0.25, 0.3) is 5.91 Å². The van der Waals surface area contributed by atoms with Gasteiger partial charge in [-0.05, 0) is 30.5 Å². The molecule has 1 amide bonds. The average molecular weight is 391 g/mol. The molecule has 0 atom stereocenters. The van der Waals surface area contributed by atoms with E-state index in [0.717, 1.165) is 27.8 Å². The maximum atomic E-state index is 13.4. The Labute approximate surface area is 168 Å². The molecule has 2 aromatic heterocycles. The van der Waals surface area contributed by atoms with Crippen LogP contribution in [0.25, 0.3) is 10.2 Å². The van der Waals surface area contributed by atoms with Crippen LogP contribution in [0.15, 0.2) is 54.7 Å². The molecule has 0 aliphatic rings. The Hall–Kier alpha value is -2.99. The van der Waals surface area contributed by atoms with Crippen molar-refractivity contribution in [2.24, 2.45) is 7.05 Å². The van der Waals surface area contributed by atoms with Crippen molar-refractivity contribution in [3.63, 3.8) is 0 Å². The van der Waals surface area contributed by atoms with E-state index in [1.54, 1.807) is 20.9 Å². The number of hydrogen-bond acceptors (Lipinski definition) is 4. The Morgan fingerprint density at radius 3 is 2.61 bits per heavy atom. The molecule has 0 saturated heterocycles. The predicted molar refractivity (Wildman–Crippen MR) is 114 cm³/mol. The molecule has 28 heavy (non-hydrogen) atoms. The van der Waals surface area contributed by atoms with E-state index < -0.39 is 0 Å². The smallest absolute Gasteiger partial charge is 0.278 e. The minimum atomic E-state index is -0.126. The van der Waals surface area contributed by atoms with Crippen LogP contribution >= 0.6 is 11.3 Å². The molecule has 5 nitrogen and oxygen atoms in total. The molecule has 2 aromatic carbocycles. The Morgan fingerprint density at radius 1 is 1.14 bits per heavy atom. The zero-order chi connectivity index (χ0) is 19.7. The second-order valence-corrected chi connectivity index (χ2v) is 7.83. The van der Waals surface area contributed by atoms with E-state index in [-0.39, 0.29) is 5.91 Å². The number of aromatic nitrogens is 3. The number of benzene rings is 2. The first kappa shape index (κ1) is 18.4. The summed E-state index contributed by atoms with van der Waals surface area (Å²) >= 11 is 1.55. The van der Waals surface area contributed by atoms with E-state index in [9.17, 15) is 4.79 Å². The predicted octanol–water partition coefficient (Wildman–Crippen LogP) is 4.75. The highest BCUT2D eigenvalue weighted by Gasteiger charge is 2.25. The molecule has 4 rings (SSSR count). The lowest BCUT2D eigenvalue weighted by molar-refractivity contribution is 0.0979. The van der Waals surface area contributed by atoms with Crippen LogP contribution in [0.1, 0.15) is 34.1 Å². The van der Waals surface area contributed by atoms with Gasteiger partial charge in [-0.2, -0.15) is 5.10 Å². The van der Waals surface area contributed by atoms with Crippen molar-refractivity contribution in [1.29, 1.82) is 0 Å². The van der Waals surface area contributed by atoms with Crippen molar-refractivity contribution in [1.82, 2.24) is 14.8 Å². The lowest BCUT2D eigenvalue weighted by Crippen LogP contribution is -2.31. The largest absolute Gasteiger partial charge is 0.281 e. The summed E-state index contributed by atoms with van der Waals surface area (Å²) in [7, 11) is 1.83. The van der Waals surface area contributed by atoms with E-state index in [0.29, 0.717) is 17.4 Å². The monoisotopic (exact) mass is 390 g/mol. The maximum Gasteiger partial charge on any atom is 0.281 e. The van der Waals surface area contributed by atoms with Gasteiger partial charge in [-0.15, -0.1) is 0 Å². The van der Waals surface area contributed by atoms with Crippen molar-refractivity contribution in [2.75, 3.05) is 4.90 Å². The number of carbonyl (C=O) groups is 1. The summed E-state index contributed by atoms with van der Waals surface area (Å²) in [6, 6.07) is 16.2. The highest BCUT2D eigenvalue weighted by atomic mass is 32.1. The number of fused-ring (bicyclic) bond motifs is 1. The highest BCUT2D eigenvalue weighted by Crippen LogP contribution is 2.32. The molecule has 0 spiro atoms. The van der Waals surface area contributed by atoms with Gasteiger partial charge < -0.3 is 0 Å². The second kappa shape index (κ2) is 7.56. The van der Waals surface area contributed by atoms with Crippen molar-refractivity contribution in [3.8, 4) is 0 Å². The molecule has 0 fully saturated rings. The Bertz CT molecular complexity index is 1130. The average Bonchev–Trinajstić information content (AvgIpc) is 3.28. The van der Waals surface area contributed by atoms with Crippen molar-refractivity contribution < 1.29 is 4.79 Å². The van der Waals surface area contributed by atoms with E-state index >= 15 is 0 Å². The highest BCUT2D eigenvalue weighted by molar-refractivity contribution is 7.22. The van der Waals surface area contributed by atoms with Crippen molar-refractivity contribution in [2.45, 2.75) is 26.8 Å².